The number of hydrogen-bond acceptors (Lipinski definition) is 4. The Bertz CT molecular complexity index is 1100. The Morgan fingerprint density at radius 1 is 1.17 bits per heavy atom. The third-order valence-corrected chi connectivity index (χ3v) is 6.32. The summed E-state index contributed by atoms with van der Waals surface area (Å²) in [5.74, 6) is 0.627. The fourth-order valence-corrected chi connectivity index (χ4v) is 4.69. The van der Waals surface area contributed by atoms with E-state index in [2.05, 4.69) is 21.2 Å². The van der Waals surface area contributed by atoms with Crippen LogP contribution in [0.25, 0.3) is 5.69 Å². The summed E-state index contributed by atoms with van der Waals surface area (Å²) in [4.78, 5) is 27.2. The van der Waals surface area contributed by atoms with Crippen LogP contribution in [-0.2, 0) is 16.1 Å². The number of nitrogens with zero attached hydrogens (tertiary/aromatic N) is 2. The van der Waals surface area contributed by atoms with Crippen LogP contribution in [0.2, 0.25) is 0 Å². The Morgan fingerprint density at radius 2 is 1.97 bits per heavy atom. The second-order valence-corrected chi connectivity index (χ2v) is 8.62. The number of methoxy groups -OCH3 is 1. The molecule has 0 spiro atoms. The van der Waals surface area contributed by atoms with Crippen molar-refractivity contribution in [2.75, 3.05) is 24.3 Å². The van der Waals surface area contributed by atoms with Gasteiger partial charge in [-0.25, -0.2) is 0 Å². The van der Waals surface area contributed by atoms with Gasteiger partial charge in [0.1, 0.15) is 12.3 Å². The number of aromatic nitrogens is 1. The zero-order valence-corrected chi connectivity index (χ0v) is 18.7. The van der Waals surface area contributed by atoms with Crippen molar-refractivity contribution in [3.63, 3.8) is 0 Å². The van der Waals surface area contributed by atoms with Crippen molar-refractivity contribution in [1.29, 1.82) is 0 Å². The molecule has 2 heterocycles. The molecule has 154 valence electrons. The molecule has 1 aliphatic heterocycles. The first-order chi connectivity index (χ1) is 14.6. The van der Waals surface area contributed by atoms with Gasteiger partial charge in [-0.1, -0.05) is 39.8 Å². The Kier molecular flexibility index (Phi) is 6.15. The standard InChI is InChI=1S/C22H20BrN3O3S/c1-29-19-9-8-16(23)11-15(19)12-24-20(27)13-26-18-6-3-2-5-17(18)25-10-4-7-22(25)30-14-21(26)28/h2-11H,12-14H2,1H3,(H,24,27). The molecule has 0 unspecified atom stereocenters. The van der Waals surface area contributed by atoms with Gasteiger partial charge in [0.05, 0.1) is 29.3 Å². The number of benzene rings is 2. The number of para-hydroxylation sites is 2. The van der Waals surface area contributed by atoms with Crippen LogP contribution in [0.3, 0.4) is 0 Å². The summed E-state index contributed by atoms with van der Waals surface area (Å²) in [6.07, 6.45) is 1.97. The van der Waals surface area contributed by atoms with Crippen LogP contribution in [0.4, 0.5) is 5.69 Å². The fourth-order valence-electron chi connectivity index (χ4n) is 3.38. The number of rotatable bonds is 5. The summed E-state index contributed by atoms with van der Waals surface area (Å²) in [6, 6.07) is 17.2. The number of nitrogens with one attached hydrogen (secondary N) is 1. The summed E-state index contributed by atoms with van der Waals surface area (Å²) in [5, 5.41) is 3.90. The number of thioether (sulfide) groups is 1. The molecular formula is C22H20BrN3O3S. The van der Waals surface area contributed by atoms with Gasteiger partial charge in [-0.3, -0.25) is 9.59 Å². The average Bonchev–Trinajstić information content (AvgIpc) is 3.22. The van der Waals surface area contributed by atoms with E-state index in [0.29, 0.717) is 12.3 Å². The second-order valence-electron chi connectivity index (χ2n) is 6.71. The molecule has 0 aliphatic carbocycles. The number of halogens is 1. The van der Waals surface area contributed by atoms with Crippen LogP contribution in [-0.4, -0.2) is 35.8 Å². The lowest BCUT2D eigenvalue weighted by molar-refractivity contribution is -0.123. The third kappa shape index (κ3) is 4.24. The monoisotopic (exact) mass is 485 g/mol. The summed E-state index contributed by atoms with van der Waals surface area (Å²) in [7, 11) is 1.59. The summed E-state index contributed by atoms with van der Waals surface area (Å²) in [6.45, 7) is 0.255. The molecule has 0 saturated heterocycles. The van der Waals surface area contributed by atoms with Gasteiger partial charge in [0.25, 0.3) is 0 Å². The van der Waals surface area contributed by atoms with E-state index in [-0.39, 0.29) is 24.1 Å². The highest BCUT2D eigenvalue weighted by molar-refractivity contribution is 9.10. The van der Waals surface area contributed by atoms with Gasteiger partial charge in [0, 0.05) is 22.8 Å². The zero-order chi connectivity index (χ0) is 21.1. The third-order valence-electron chi connectivity index (χ3n) is 4.81. The molecule has 8 heteroatoms. The molecule has 1 aromatic heterocycles. The van der Waals surface area contributed by atoms with Gasteiger partial charge >= 0.3 is 0 Å². The molecule has 1 N–H and O–H groups in total. The molecule has 0 atom stereocenters. The Labute approximate surface area is 187 Å². The van der Waals surface area contributed by atoms with Gasteiger partial charge in [0.2, 0.25) is 11.8 Å². The topological polar surface area (TPSA) is 63.6 Å². The fraction of sp³-hybridized carbons (Fsp3) is 0.182. The lowest BCUT2D eigenvalue weighted by atomic mass is 10.2. The first kappa shape index (κ1) is 20.6. The molecule has 0 radical (unpaired) electrons. The smallest absolute Gasteiger partial charge is 0.240 e. The predicted octanol–water partition coefficient (Wildman–Crippen LogP) is 4.00. The van der Waals surface area contributed by atoms with E-state index in [9.17, 15) is 9.59 Å². The Balaban J connectivity index is 1.55. The van der Waals surface area contributed by atoms with E-state index in [4.69, 9.17) is 4.74 Å². The minimum Gasteiger partial charge on any atom is -0.496 e. The first-order valence-corrected chi connectivity index (χ1v) is 11.1. The van der Waals surface area contributed by atoms with Gasteiger partial charge in [0.15, 0.2) is 0 Å². The summed E-state index contributed by atoms with van der Waals surface area (Å²) < 4.78 is 8.31. The van der Waals surface area contributed by atoms with Crippen molar-refractivity contribution < 1.29 is 14.3 Å². The number of carbonyl (C=O) groups is 2. The van der Waals surface area contributed by atoms with Crippen LogP contribution in [0.5, 0.6) is 5.75 Å². The molecule has 30 heavy (non-hydrogen) atoms. The SMILES string of the molecule is COc1ccc(Br)cc1CNC(=O)CN1C(=O)CSc2cccn2-c2ccccc21. The highest BCUT2D eigenvalue weighted by Crippen LogP contribution is 2.33. The molecule has 0 fully saturated rings. The van der Waals surface area contributed by atoms with Crippen LogP contribution < -0.4 is 15.0 Å². The lowest BCUT2D eigenvalue weighted by Gasteiger charge is -2.27. The number of hydrogen-bond donors (Lipinski definition) is 1. The largest absolute Gasteiger partial charge is 0.496 e. The van der Waals surface area contributed by atoms with Gasteiger partial charge in [-0.15, -0.1) is 0 Å². The Morgan fingerprint density at radius 3 is 2.77 bits per heavy atom. The molecule has 0 bridgehead atoms. The average molecular weight is 486 g/mol. The highest BCUT2D eigenvalue weighted by Gasteiger charge is 2.25. The van der Waals surface area contributed by atoms with Crippen molar-refractivity contribution in [2.45, 2.75) is 11.6 Å². The molecule has 3 aromatic rings. The first-order valence-electron chi connectivity index (χ1n) is 9.36. The van der Waals surface area contributed by atoms with Crippen molar-refractivity contribution in [1.82, 2.24) is 9.88 Å². The molecule has 2 aromatic carbocycles. The lowest BCUT2D eigenvalue weighted by Crippen LogP contribution is -2.42. The van der Waals surface area contributed by atoms with E-state index in [1.54, 1.807) is 12.0 Å². The van der Waals surface area contributed by atoms with Gasteiger partial charge in [-0.2, -0.15) is 0 Å². The number of fused-ring (bicyclic) bond motifs is 3. The number of ether oxygens (including phenoxy) is 1. The van der Waals surface area contributed by atoms with Crippen LogP contribution in [0, 0.1) is 0 Å². The normalized spacial score (nSPS) is 13.1. The molecule has 6 nitrogen and oxygen atoms in total. The van der Waals surface area contributed by atoms with Crippen molar-refractivity contribution in [3.8, 4) is 11.4 Å². The van der Waals surface area contributed by atoms with Gasteiger partial charge in [-0.05, 0) is 42.5 Å². The number of anilines is 1. The van der Waals surface area contributed by atoms with E-state index < -0.39 is 0 Å². The van der Waals surface area contributed by atoms with Crippen LogP contribution in [0.15, 0.2) is 70.3 Å². The maximum atomic E-state index is 12.9. The molecule has 0 saturated carbocycles. The molecular weight excluding hydrogens is 466 g/mol. The van der Waals surface area contributed by atoms with E-state index >= 15 is 0 Å². The minimum absolute atomic E-state index is 0.0523. The predicted molar refractivity (Wildman–Crippen MR) is 121 cm³/mol. The van der Waals surface area contributed by atoms with Gasteiger partial charge < -0.3 is 19.5 Å². The molecule has 2 amide bonds. The quantitative estimate of drug-likeness (QED) is 0.592. The van der Waals surface area contributed by atoms with E-state index in [1.165, 1.54) is 11.8 Å². The second kappa shape index (κ2) is 8.97. The van der Waals surface area contributed by atoms with Crippen LogP contribution >= 0.6 is 27.7 Å². The summed E-state index contributed by atoms with van der Waals surface area (Å²) in [5.41, 5.74) is 2.45. The minimum atomic E-state index is -0.238. The van der Waals surface area contributed by atoms with Crippen LogP contribution in [0.1, 0.15) is 5.56 Å². The zero-order valence-electron chi connectivity index (χ0n) is 16.3. The molecule has 1 aliphatic rings. The maximum Gasteiger partial charge on any atom is 0.240 e. The summed E-state index contributed by atoms with van der Waals surface area (Å²) >= 11 is 4.91. The van der Waals surface area contributed by atoms with Crippen molar-refractivity contribution in [2.24, 2.45) is 0 Å². The van der Waals surface area contributed by atoms with E-state index in [0.717, 1.165) is 26.4 Å². The maximum absolute atomic E-state index is 12.9. The van der Waals surface area contributed by atoms with Crippen molar-refractivity contribution >= 4 is 45.2 Å². The Hall–Kier alpha value is -2.71. The van der Waals surface area contributed by atoms with Crippen molar-refractivity contribution in [3.05, 3.63) is 70.8 Å². The molecule has 4 rings (SSSR count). The number of amides is 2. The highest BCUT2D eigenvalue weighted by atomic mass is 79.9. The van der Waals surface area contributed by atoms with E-state index in [1.807, 2.05) is 65.4 Å². The number of carbonyl (C=O) groups excluding carboxylic acids is 2.